The van der Waals surface area contributed by atoms with E-state index in [0.29, 0.717) is 5.41 Å². The van der Waals surface area contributed by atoms with Crippen molar-refractivity contribution in [2.24, 2.45) is 5.41 Å². The van der Waals surface area contributed by atoms with E-state index in [1.54, 1.807) is 0 Å². The topological polar surface area (TPSA) is 19.0 Å². The first-order valence-electron chi connectivity index (χ1n) is 12.3. The minimum absolute atomic E-state index is 0.447. The van der Waals surface area contributed by atoms with Crippen molar-refractivity contribution in [3.8, 4) is 0 Å². The Morgan fingerprint density at radius 1 is 0.655 bits per heavy atom. The minimum atomic E-state index is -1.64. The summed E-state index contributed by atoms with van der Waals surface area (Å²) in [5, 5.41) is 0. The third kappa shape index (κ3) is 13.9. The SMILES string of the molecule is CCO[Si](C)(C)CC(CCCN(C)CC)(CCCN(C)CC)CCCN(C)CC. The van der Waals surface area contributed by atoms with Gasteiger partial charge in [0, 0.05) is 6.61 Å². The lowest BCUT2D eigenvalue weighted by atomic mass is 9.76. The molecule has 0 aromatic heterocycles. The summed E-state index contributed by atoms with van der Waals surface area (Å²) < 4.78 is 6.34. The molecular weight excluding hydrogens is 374 g/mol. The van der Waals surface area contributed by atoms with Crippen molar-refractivity contribution in [1.82, 2.24) is 14.7 Å². The van der Waals surface area contributed by atoms with E-state index >= 15 is 0 Å². The fraction of sp³-hybridized carbons (Fsp3) is 1.00. The average molecular weight is 430 g/mol. The normalized spacial score (nSPS) is 13.2. The standard InChI is InChI=1S/C24H55N3OSi/c1-10-25(5)20-14-17-24(18-15-21-26(6)11-2,19-16-22-27(7)12-3)23-29(8,9)28-13-4/h10-23H2,1-9H3. The quantitative estimate of drug-likeness (QED) is 0.255. The first kappa shape index (κ1) is 29.1. The van der Waals surface area contributed by atoms with Gasteiger partial charge in [0.05, 0.1) is 0 Å². The summed E-state index contributed by atoms with van der Waals surface area (Å²) in [5.74, 6) is 0. The van der Waals surface area contributed by atoms with Crippen LogP contribution in [0.3, 0.4) is 0 Å². The van der Waals surface area contributed by atoms with Gasteiger partial charge in [0.1, 0.15) is 0 Å². The maximum atomic E-state index is 6.34. The molecule has 0 saturated carbocycles. The third-order valence-corrected chi connectivity index (χ3v) is 9.37. The van der Waals surface area contributed by atoms with Crippen LogP contribution in [0, 0.1) is 5.41 Å². The molecule has 0 aliphatic heterocycles. The Hall–Kier alpha value is 0.0569. The average Bonchev–Trinajstić information content (AvgIpc) is 2.66. The lowest BCUT2D eigenvalue weighted by molar-refractivity contribution is 0.182. The van der Waals surface area contributed by atoms with E-state index in [9.17, 15) is 0 Å². The Bertz CT molecular complexity index is 352. The highest BCUT2D eigenvalue weighted by Crippen LogP contribution is 2.43. The Morgan fingerprint density at radius 2 is 1.00 bits per heavy atom. The molecule has 0 fully saturated rings. The lowest BCUT2D eigenvalue weighted by Gasteiger charge is -2.40. The summed E-state index contributed by atoms with van der Waals surface area (Å²) in [6, 6.07) is 1.31. The second-order valence-corrected chi connectivity index (χ2v) is 14.0. The zero-order valence-corrected chi connectivity index (χ0v) is 22.6. The van der Waals surface area contributed by atoms with Crippen molar-refractivity contribution >= 4 is 8.32 Å². The van der Waals surface area contributed by atoms with Gasteiger partial charge in [0.15, 0.2) is 8.32 Å². The van der Waals surface area contributed by atoms with Gasteiger partial charge < -0.3 is 19.1 Å². The summed E-state index contributed by atoms with van der Waals surface area (Å²) in [7, 11) is 5.13. The first-order valence-corrected chi connectivity index (χ1v) is 15.4. The van der Waals surface area contributed by atoms with E-state index in [1.807, 2.05) is 0 Å². The van der Waals surface area contributed by atoms with E-state index in [0.717, 1.165) is 26.2 Å². The molecule has 0 amide bonds. The van der Waals surface area contributed by atoms with Crippen molar-refractivity contribution in [1.29, 1.82) is 0 Å². The van der Waals surface area contributed by atoms with Crippen molar-refractivity contribution in [3.63, 3.8) is 0 Å². The van der Waals surface area contributed by atoms with Gasteiger partial charge in [-0.2, -0.15) is 0 Å². The minimum Gasteiger partial charge on any atom is -0.418 e. The molecule has 0 aromatic rings. The van der Waals surface area contributed by atoms with Crippen molar-refractivity contribution < 1.29 is 4.43 Å². The highest BCUT2D eigenvalue weighted by atomic mass is 28.4. The molecule has 0 bridgehead atoms. The summed E-state index contributed by atoms with van der Waals surface area (Å²) >= 11 is 0. The molecule has 0 atom stereocenters. The molecule has 5 heteroatoms. The van der Waals surface area contributed by atoms with E-state index in [2.05, 4.69) is 76.6 Å². The predicted octanol–water partition coefficient (Wildman–Crippen LogP) is 5.41. The largest absolute Gasteiger partial charge is 0.418 e. The van der Waals surface area contributed by atoms with E-state index < -0.39 is 8.32 Å². The van der Waals surface area contributed by atoms with Gasteiger partial charge in [-0.3, -0.25) is 0 Å². The van der Waals surface area contributed by atoms with Crippen LogP contribution in [0.2, 0.25) is 19.1 Å². The molecule has 0 spiro atoms. The van der Waals surface area contributed by atoms with Crippen LogP contribution in [0.25, 0.3) is 0 Å². The molecule has 0 aromatic carbocycles. The van der Waals surface area contributed by atoms with Crippen LogP contribution < -0.4 is 0 Å². The summed E-state index contributed by atoms with van der Waals surface area (Å²) in [6.45, 7) is 21.8. The first-order chi connectivity index (χ1) is 13.6. The monoisotopic (exact) mass is 429 g/mol. The number of hydrogen-bond donors (Lipinski definition) is 0. The van der Waals surface area contributed by atoms with Crippen molar-refractivity contribution in [2.45, 2.75) is 85.4 Å². The number of hydrogen-bond acceptors (Lipinski definition) is 4. The molecule has 0 saturated heterocycles. The van der Waals surface area contributed by atoms with Crippen LogP contribution in [0.5, 0.6) is 0 Å². The molecule has 0 aliphatic rings. The number of rotatable bonds is 19. The van der Waals surface area contributed by atoms with Gasteiger partial charge in [-0.1, -0.05) is 20.8 Å². The maximum absolute atomic E-state index is 6.34. The highest BCUT2D eigenvalue weighted by Gasteiger charge is 2.37. The summed E-state index contributed by atoms with van der Waals surface area (Å²) in [5.41, 5.74) is 0.447. The van der Waals surface area contributed by atoms with Crippen LogP contribution in [-0.4, -0.2) is 90.0 Å². The Labute approximate surface area is 185 Å². The molecule has 176 valence electrons. The molecule has 4 nitrogen and oxygen atoms in total. The molecular formula is C24H55N3OSi. The molecule has 0 unspecified atom stereocenters. The molecule has 0 N–H and O–H groups in total. The second kappa shape index (κ2) is 15.8. The Kier molecular flexibility index (Phi) is 15.8. The molecule has 0 heterocycles. The fourth-order valence-electron chi connectivity index (χ4n) is 4.63. The van der Waals surface area contributed by atoms with Crippen molar-refractivity contribution in [2.75, 3.05) is 67.0 Å². The van der Waals surface area contributed by atoms with Crippen LogP contribution in [0.4, 0.5) is 0 Å². The van der Waals surface area contributed by atoms with Crippen LogP contribution in [-0.2, 0) is 4.43 Å². The summed E-state index contributed by atoms with van der Waals surface area (Å²) in [4.78, 5) is 7.39. The van der Waals surface area contributed by atoms with Gasteiger partial charge in [-0.05, 0) is 130 Å². The lowest BCUT2D eigenvalue weighted by Crippen LogP contribution is -2.39. The molecule has 0 radical (unpaired) electrons. The fourth-order valence-corrected chi connectivity index (χ4v) is 7.85. The van der Waals surface area contributed by atoms with E-state index in [1.165, 1.54) is 64.2 Å². The zero-order valence-electron chi connectivity index (χ0n) is 21.6. The van der Waals surface area contributed by atoms with E-state index in [4.69, 9.17) is 4.43 Å². The molecule has 29 heavy (non-hydrogen) atoms. The van der Waals surface area contributed by atoms with E-state index in [-0.39, 0.29) is 0 Å². The van der Waals surface area contributed by atoms with Gasteiger partial charge in [-0.25, -0.2) is 0 Å². The van der Waals surface area contributed by atoms with Gasteiger partial charge in [0.25, 0.3) is 0 Å². The zero-order chi connectivity index (χ0) is 22.3. The maximum Gasteiger partial charge on any atom is 0.187 e. The predicted molar refractivity (Wildman–Crippen MR) is 134 cm³/mol. The Morgan fingerprint density at radius 3 is 1.28 bits per heavy atom. The third-order valence-electron chi connectivity index (χ3n) is 6.70. The van der Waals surface area contributed by atoms with Gasteiger partial charge in [0.2, 0.25) is 0 Å². The number of nitrogens with zero attached hydrogens (tertiary/aromatic N) is 3. The smallest absolute Gasteiger partial charge is 0.187 e. The van der Waals surface area contributed by atoms with Crippen LogP contribution >= 0.6 is 0 Å². The highest BCUT2D eigenvalue weighted by molar-refractivity contribution is 6.71. The van der Waals surface area contributed by atoms with Gasteiger partial charge in [-0.15, -0.1) is 0 Å². The van der Waals surface area contributed by atoms with Crippen LogP contribution in [0.1, 0.15) is 66.2 Å². The Balaban J connectivity index is 5.31. The summed E-state index contributed by atoms with van der Waals surface area (Å²) in [6.07, 6.45) is 8.00. The van der Waals surface area contributed by atoms with Crippen LogP contribution in [0.15, 0.2) is 0 Å². The molecule has 0 rings (SSSR count). The molecule has 0 aliphatic carbocycles. The van der Waals surface area contributed by atoms with Crippen molar-refractivity contribution in [3.05, 3.63) is 0 Å². The second-order valence-electron chi connectivity index (χ2n) is 9.87. The van der Waals surface area contributed by atoms with Gasteiger partial charge >= 0.3 is 0 Å².